The van der Waals surface area contributed by atoms with Crippen molar-refractivity contribution in [2.45, 2.75) is 43.7 Å². The van der Waals surface area contributed by atoms with E-state index in [1.165, 1.54) is 37.5 Å². The van der Waals surface area contributed by atoms with Crippen LogP contribution in [-0.2, 0) is 10.0 Å². The van der Waals surface area contributed by atoms with Gasteiger partial charge in [0, 0.05) is 49.7 Å². The Hall–Kier alpha value is -2.09. The first kappa shape index (κ1) is 20.2. The zero-order valence-corrected chi connectivity index (χ0v) is 17.7. The van der Waals surface area contributed by atoms with Gasteiger partial charge < -0.3 is 0 Å². The van der Waals surface area contributed by atoms with Crippen LogP contribution in [0.2, 0.25) is 0 Å². The Morgan fingerprint density at radius 1 is 1.07 bits per heavy atom. The lowest BCUT2D eigenvalue weighted by atomic mass is 10.00. The molecule has 0 amide bonds. The third kappa shape index (κ3) is 4.13. The molecule has 2 unspecified atom stereocenters. The van der Waals surface area contributed by atoms with E-state index in [2.05, 4.69) is 22.0 Å². The second-order valence-electron chi connectivity index (χ2n) is 8.10. The second kappa shape index (κ2) is 7.97. The van der Waals surface area contributed by atoms with Gasteiger partial charge in [-0.05, 0) is 62.4 Å². The predicted octanol–water partition coefficient (Wildman–Crippen LogP) is 3.13. The minimum Gasteiger partial charge on any atom is -0.295 e. The number of nitrogens with zero attached hydrogens (tertiary/aromatic N) is 3. The van der Waals surface area contributed by atoms with Gasteiger partial charge >= 0.3 is 0 Å². The lowest BCUT2D eigenvalue weighted by Crippen LogP contribution is -2.54. The van der Waals surface area contributed by atoms with E-state index >= 15 is 0 Å². The number of carbonyl (C=O) groups excluding carboxylic acids is 1. The molecule has 2 atom stereocenters. The minimum absolute atomic E-state index is 0.0711. The Balaban J connectivity index is 1.51. The number of hydrogen-bond acceptors (Lipinski definition) is 5. The summed E-state index contributed by atoms with van der Waals surface area (Å²) in [5.41, 5.74) is 1.79. The molecule has 1 aromatic carbocycles. The van der Waals surface area contributed by atoms with E-state index < -0.39 is 10.0 Å². The van der Waals surface area contributed by atoms with Crippen LogP contribution in [0.25, 0.3) is 0 Å². The van der Waals surface area contributed by atoms with Crippen LogP contribution < -0.4 is 0 Å². The molecule has 1 aliphatic carbocycles. The fraction of sp³-hybridized carbons (Fsp3) is 0.455. The zero-order chi connectivity index (χ0) is 20.6. The largest absolute Gasteiger partial charge is 0.295 e. The molecule has 2 aromatic rings. The van der Waals surface area contributed by atoms with Crippen LogP contribution in [0.3, 0.4) is 0 Å². The summed E-state index contributed by atoms with van der Waals surface area (Å²) in [6, 6.07) is 10.6. The van der Waals surface area contributed by atoms with Gasteiger partial charge in [0.1, 0.15) is 0 Å². The highest BCUT2D eigenvalue weighted by atomic mass is 32.2. The van der Waals surface area contributed by atoms with E-state index in [1.807, 2.05) is 19.3 Å². The van der Waals surface area contributed by atoms with Crippen molar-refractivity contribution in [2.75, 3.05) is 19.6 Å². The average Bonchev–Trinajstić information content (AvgIpc) is 3.54. The van der Waals surface area contributed by atoms with Crippen molar-refractivity contribution in [1.29, 1.82) is 0 Å². The molecule has 2 fully saturated rings. The molecule has 1 aliphatic heterocycles. The summed E-state index contributed by atoms with van der Waals surface area (Å²) < 4.78 is 28.0. The van der Waals surface area contributed by atoms with Crippen LogP contribution in [0.4, 0.5) is 0 Å². The molecule has 1 saturated heterocycles. The molecular weight excluding hydrogens is 386 g/mol. The zero-order valence-electron chi connectivity index (χ0n) is 16.9. The van der Waals surface area contributed by atoms with Crippen LogP contribution in [0, 0.1) is 5.92 Å². The lowest BCUT2D eigenvalue weighted by Gasteiger charge is -2.43. The summed E-state index contributed by atoms with van der Waals surface area (Å²) in [6.07, 6.45) is 6.11. The van der Waals surface area contributed by atoms with Gasteiger partial charge in [-0.25, -0.2) is 8.42 Å². The molecule has 0 spiro atoms. The summed E-state index contributed by atoms with van der Waals surface area (Å²) in [4.78, 5) is 18.3. The van der Waals surface area contributed by atoms with E-state index in [0.29, 0.717) is 37.2 Å². The number of sulfonamides is 1. The first-order valence-corrected chi connectivity index (χ1v) is 11.6. The van der Waals surface area contributed by atoms with Crippen molar-refractivity contribution < 1.29 is 13.2 Å². The maximum absolute atomic E-state index is 13.2. The van der Waals surface area contributed by atoms with Gasteiger partial charge in [0.25, 0.3) is 0 Å². The highest BCUT2D eigenvalue weighted by Crippen LogP contribution is 2.45. The van der Waals surface area contributed by atoms with E-state index in [4.69, 9.17) is 0 Å². The summed E-state index contributed by atoms with van der Waals surface area (Å²) in [5, 5.41) is 0. The standard InChI is InChI=1S/C22H27N3O3S/c1-16-15-24(22(19-3-4-19)20-9-11-23-12-10-20)13-14-25(16)29(27,28)21-7-5-18(6-8-21)17(2)26/h5-12,16,19,22H,3-4,13-15H2,1-2H3. The number of piperazine rings is 1. The van der Waals surface area contributed by atoms with Crippen LogP contribution in [0.5, 0.6) is 0 Å². The first-order chi connectivity index (χ1) is 13.9. The molecule has 2 aliphatic rings. The molecule has 154 valence electrons. The number of aromatic nitrogens is 1. The number of hydrogen-bond donors (Lipinski definition) is 0. The van der Waals surface area contributed by atoms with Crippen molar-refractivity contribution in [3.05, 3.63) is 59.9 Å². The van der Waals surface area contributed by atoms with Gasteiger partial charge in [-0.15, -0.1) is 0 Å². The smallest absolute Gasteiger partial charge is 0.243 e. The molecular formula is C22H27N3O3S. The summed E-state index contributed by atoms with van der Waals surface area (Å²) in [7, 11) is -3.59. The highest BCUT2D eigenvalue weighted by Gasteiger charge is 2.41. The molecule has 1 aromatic heterocycles. The number of pyridine rings is 1. The third-order valence-corrected chi connectivity index (χ3v) is 8.00. The molecule has 0 N–H and O–H groups in total. The highest BCUT2D eigenvalue weighted by molar-refractivity contribution is 7.89. The molecule has 7 heteroatoms. The fourth-order valence-electron chi connectivity index (χ4n) is 4.33. The first-order valence-electron chi connectivity index (χ1n) is 10.1. The Morgan fingerprint density at radius 2 is 1.72 bits per heavy atom. The molecule has 4 rings (SSSR count). The number of benzene rings is 1. The monoisotopic (exact) mass is 413 g/mol. The lowest BCUT2D eigenvalue weighted by molar-refractivity contribution is 0.0912. The third-order valence-electron chi connectivity index (χ3n) is 5.97. The predicted molar refractivity (Wildman–Crippen MR) is 111 cm³/mol. The maximum Gasteiger partial charge on any atom is 0.243 e. The minimum atomic E-state index is -3.59. The Bertz CT molecular complexity index is 972. The Kier molecular flexibility index (Phi) is 5.55. The summed E-state index contributed by atoms with van der Waals surface area (Å²) in [5.74, 6) is 0.574. The number of ketones is 1. The van der Waals surface area contributed by atoms with Gasteiger partial charge in [-0.3, -0.25) is 14.7 Å². The van der Waals surface area contributed by atoms with Crippen molar-refractivity contribution in [2.24, 2.45) is 5.92 Å². The van der Waals surface area contributed by atoms with Crippen molar-refractivity contribution in [3.8, 4) is 0 Å². The maximum atomic E-state index is 13.2. The van der Waals surface area contributed by atoms with Gasteiger partial charge in [-0.1, -0.05) is 12.1 Å². The average molecular weight is 414 g/mol. The molecule has 6 nitrogen and oxygen atoms in total. The van der Waals surface area contributed by atoms with Crippen LogP contribution >= 0.6 is 0 Å². The Morgan fingerprint density at radius 3 is 2.28 bits per heavy atom. The number of Topliss-reactive ketones (excluding diaryl/α,β-unsaturated/α-hetero) is 1. The van der Waals surface area contributed by atoms with Gasteiger partial charge in [0.05, 0.1) is 4.90 Å². The second-order valence-corrected chi connectivity index (χ2v) is 9.99. The summed E-state index contributed by atoms with van der Waals surface area (Å²) >= 11 is 0. The van der Waals surface area contributed by atoms with Crippen molar-refractivity contribution >= 4 is 15.8 Å². The molecule has 0 radical (unpaired) electrons. The SMILES string of the molecule is CC(=O)c1ccc(S(=O)(=O)N2CCN(C(c3ccncc3)C3CC3)CC2C)cc1. The van der Waals surface area contributed by atoms with Crippen molar-refractivity contribution in [3.63, 3.8) is 0 Å². The van der Waals surface area contributed by atoms with E-state index in [-0.39, 0.29) is 16.7 Å². The van der Waals surface area contributed by atoms with E-state index in [1.54, 1.807) is 16.4 Å². The molecule has 0 bridgehead atoms. The number of rotatable bonds is 6. The van der Waals surface area contributed by atoms with Crippen LogP contribution in [0.15, 0.2) is 53.7 Å². The fourth-order valence-corrected chi connectivity index (χ4v) is 5.94. The topological polar surface area (TPSA) is 70.6 Å². The summed E-state index contributed by atoms with van der Waals surface area (Å²) in [6.45, 7) is 5.33. The molecule has 2 heterocycles. The molecule has 1 saturated carbocycles. The van der Waals surface area contributed by atoms with Crippen LogP contribution in [0.1, 0.15) is 48.7 Å². The Labute approximate surface area is 172 Å². The van der Waals surface area contributed by atoms with E-state index in [9.17, 15) is 13.2 Å². The van der Waals surface area contributed by atoms with Gasteiger partial charge in [0.15, 0.2) is 5.78 Å². The van der Waals surface area contributed by atoms with E-state index in [0.717, 1.165) is 0 Å². The quantitative estimate of drug-likeness (QED) is 0.681. The number of carbonyl (C=O) groups is 1. The van der Waals surface area contributed by atoms with Crippen molar-refractivity contribution in [1.82, 2.24) is 14.2 Å². The van der Waals surface area contributed by atoms with Gasteiger partial charge in [-0.2, -0.15) is 4.31 Å². The normalized spacial score (nSPS) is 22.3. The molecule has 29 heavy (non-hydrogen) atoms. The van der Waals surface area contributed by atoms with Crippen LogP contribution in [-0.4, -0.2) is 54.1 Å². The van der Waals surface area contributed by atoms with Gasteiger partial charge in [0.2, 0.25) is 10.0 Å².